The van der Waals surface area contributed by atoms with E-state index in [0.29, 0.717) is 12.8 Å². The van der Waals surface area contributed by atoms with Crippen LogP contribution in [0.4, 0.5) is 0 Å². The van der Waals surface area contributed by atoms with Gasteiger partial charge in [0, 0.05) is 22.6 Å². The van der Waals surface area contributed by atoms with Gasteiger partial charge in [-0.15, -0.1) is 11.8 Å². The number of Topliss-reactive ketones (excluding diaryl/α,β-unsaturated/α-hetero) is 1. The Kier molecular flexibility index (Phi) is 8.79. The van der Waals surface area contributed by atoms with Gasteiger partial charge in [0.2, 0.25) is 9.84 Å². The molecule has 0 saturated carbocycles. The second kappa shape index (κ2) is 10.8. The van der Waals surface area contributed by atoms with Crippen molar-refractivity contribution in [1.29, 1.82) is 0 Å². The number of carbonyl (C=O) groups is 2. The average Bonchev–Trinajstić information content (AvgIpc) is 2.68. The number of sulfone groups is 1. The molecule has 2 aromatic carbocycles. The molecule has 0 aromatic heterocycles. The summed E-state index contributed by atoms with van der Waals surface area (Å²) in [4.78, 5) is 25.1. The van der Waals surface area contributed by atoms with Crippen molar-refractivity contribution in [2.45, 2.75) is 58.6 Å². The van der Waals surface area contributed by atoms with Crippen molar-refractivity contribution in [2.24, 2.45) is 0 Å². The Balaban J connectivity index is 1.93. The molecule has 0 aliphatic heterocycles. The van der Waals surface area contributed by atoms with Gasteiger partial charge in [-0.05, 0) is 74.6 Å². The summed E-state index contributed by atoms with van der Waals surface area (Å²) in [5.74, 6) is 0.177. The number of unbranched alkanes of at least 4 members (excludes halogenated alkanes) is 2. The van der Waals surface area contributed by atoms with Gasteiger partial charge >= 0.3 is 0 Å². The van der Waals surface area contributed by atoms with Crippen LogP contribution >= 0.6 is 23.5 Å². The number of hydrogen-bond donors (Lipinski definition) is 0. The maximum atomic E-state index is 12.7. The third-order valence-electron chi connectivity index (χ3n) is 4.15. The molecule has 28 heavy (non-hydrogen) atoms. The normalized spacial score (nSPS) is 11.4. The van der Waals surface area contributed by atoms with E-state index in [4.69, 9.17) is 0 Å². The standard InChI is InChI=1S/C21H24O4S3/c1-16(22)6-4-3-5-7-21(23)27-18-10-14-20(15-11-18)28(24,25)19-12-8-17(26-2)9-13-19/h8-15H,3-7H2,1-2H3. The summed E-state index contributed by atoms with van der Waals surface area (Å²) in [6, 6.07) is 13.2. The lowest BCUT2D eigenvalue weighted by Gasteiger charge is -2.07. The van der Waals surface area contributed by atoms with Crippen LogP contribution < -0.4 is 0 Å². The highest BCUT2D eigenvalue weighted by atomic mass is 32.2. The van der Waals surface area contributed by atoms with Crippen molar-refractivity contribution in [1.82, 2.24) is 0 Å². The number of rotatable bonds is 10. The topological polar surface area (TPSA) is 68.3 Å². The fourth-order valence-electron chi connectivity index (χ4n) is 2.58. The predicted molar refractivity (Wildman–Crippen MR) is 115 cm³/mol. The molecule has 0 N–H and O–H groups in total. The van der Waals surface area contributed by atoms with Crippen molar-refractivity contribution >= 4 is 44.3 Å². The molecular weight excluding hydrogens is 412 g/mol. The monoisotopic (exact) mass is 436 g/mol. The Morgan fingerprint density at radius 1 is 0.786 bits per heavy atom. The van der Waals surface area contributed by atoms with Gasteiger partial charge in [-0.25, -0.2) is 8.42 Å². The second-order valence-electron chi connectivity index (χ2n) is 6.39. The molecule has 4 nitrogen and oxygen atoms in total. The second-order valence-corrected chi connectivity index (χ2v) is 10.3. The Labute approximate surface area is 175 Å². The van der Waals surface area contributed by atoms with E-state index in [0.717, 1.165) is 40.8 Å². The molecule has 0 bridgehead atoms. The largest absolute Gasteiger partial charge is 0.300 e. The van der Waals surface area contributed by atoms with Gasteiger partial charge in [-0.3, -0.25) is 4.79 Å². The number of ketones is 1. The molecule has 2 rings (SSSR count). The molecule has 2 aromatic rings. The maximum Gasteiger partial charge on any atom is 0.206 e. The molecule has 7 heteroatoms. The van der Waals surface area contributed by atoms with E-state index in [1.54, 1.807) is 67.2 Å². The van der Waals surface area contributed by atoms with Crippen LogP contribution in [0.1, 0.15) is 39.0 Å². The van der Waals surface area contributed by atoms with Crippen molar-refractivity contribution < 1.29 is 18.0 Å². The van der Waals surface area contributed by atoms with Crippen LogP contribution in [0.5, 0.6) is 0 Å². The fraction of sp³-hybridized carbons (Fsp3) is 0.333. The van der Waals surface area contributed by atoms with Gasteiger partial charge in [-0.1, -0.05) is 18.2 Å². The van der Waals surface area contributed by atoms with Gasteiger partial charge < -0.3 is 4.79 Å². The number of benzene rings is 2. The first kappa shape index (κ1) is 22.7. The molecule has 0 heterocycles. The molecule has 0 fully saturated rings. The van der Waals surface area contributed by atoms with Crippen molar-refractivity contribution in [3.8, 4) is 0 Å². The van der Waals surface area contributed by atoms with E-state index in [-0.39, 0.29) is 20.7 Å². The maximum absolute atomic E-state index is 12.7. The molecule has 0 aliphatic rings. The van der Waals surface area contributed by atoms with E-state index in [2.05, 4.69) is 0 Å². The summed E-state index contributed by atoms with van der Waals surface area (Å²) >= 11 is 2.68. The molecule has 0 aliphatic carbocycles. The molecule has 0 atom stereocenters. The van der Waals surface area contributed by atoms with E-state index in [1.165, 1.54) is 0 Å². The van der Waals surface area contributed by atoms with Crippen LogP contribution in [0.2, 0.25) is 0 Å². The summed E-state index contributed by atoms with van der Waals surface area (Å²) in [5.41, 5.74) is 0. The molecule has 0 saturated heterocycles. The lowest BCUT2D eigenvalue weighted by atomic mass is 10.1. The number of thioether (sulfide) groups is 2. The highest BCUT2D eigenvalue weighted by molar-refractivity contribution is 8.13. The minimum absolute atomic E-state index is 0.0473. The average molecular weight is 437 g/mol. The molecule has 150 valence electrons. The van der Waals surface area contributed by atoms with Gasteiger partial charge in [0.25, 0.3) is 0 Å². The highest BCUT2D eigenvalue weighted by Gasteiger charge is 2.17. The van der Waals surface area contributed by atoms with Gasteiger partial charge in [0.05, 0.1) is 9.79 Å². The number of carbonyl (C=O) groups excluding carboxylic acids is 2. The van der Waals surface area contributed by atoms with E-state index in [9.17, 15) is 18.0 Å². The third-order valence-corrected chi connectivity index (χ3v) is 7.61. The quantitative estimate of drug-likeness (QED) is 0.367. The number of hydrogen-bond acceptors (Lipinski definition) is 6. The van der Waals surface area contributed by atoms with Crippen LogP contribution in [0.25, 0.3) is 0 Å². The van der Waals surface area contributed by atoms with Crippen molar-refractivity contribution in [3.05, 3.63) is 48.5 Å². The van der Waals surface area contributed by atoms with Crippen molar-refractivity contribution in [3.63, 3.8) is 0 Å². The summed E-state index contributed by atoms with van der Waals surface area (Å²) in [5, 5.41) is 0.0473. The molecular formula is C21H24O4S3. The minimum Gasteiger partial charge on any atom is -0.300 e. The summed E-state index contributed by atoms with van der Waals surface area (Å²) in [6.45, 7) is 1.57. The van der Waals surface area contributed by atoms with Crippen molar-refractivity contribution in [2.75, 3.05) is 6.26 Å². The molecule has 0 amide bonds. The zero-order valence-electron chi connectivity index (χ0n) is 16.0. The van der Waals surface area contributed by atoms with Crippen LogP contribution in [0.15, 0.2) is 68.1 Å². The highest BCUT2D eigenvalue weighted by Crippen LogP contribution is 2.27. The zero-order chi connectivity index (χ0) is 20.6. The Bertz CT molecular complexity index is 902. The Morgan fingerprint density at radius 3 is 1.79 bits per heavy atom. The van der Waals surface area contributed by atoms with E-state index < -0.39 is 9.84 Å². The van der Waals surface area contributed by atoms with Gasteiger partial charge in [0.15, 0.2) is 5.12 Å². The summed E-state index contributed by atoms with van der Waals surface area (Å²) in [6.07, 6.45) is 5.39. The fourth-order valence-corrected chi connectivity index (χ4v) is 5.03. The first-order valence-electron chi connectivity index (χ1n) is 9.02. The van der Waals surface area contributed by atoms with E-state index >= 15 is 0 Å². The lowest BCUT2D eigenvalue weighted by Crippen LogP contribution is -2.01. The first-order chi connectivity index (χ1) is 13.3. The molecule has 0 unspecified atom stereocenters. The third kappa shape index (κ3) is 6.79. The Morgan fingerprint density at radius 2 is 1.29 bits per heavy atom. The van der Waals surface area contributed by atoms with Crippen LogP contribution in [-0.2, 0) is 19.4 Å². The van der Waals surface area contributed by atoms with E-state index in [1.807, 2.05) is 6.26 Å². The molecule has 0 radical (unpaired) electrons. The van der Waals surface area contributed by atoms with Crippen LogP contribution in [0, 0.1) is 0 Å². The Hall–Kier alpha value is -1.57. The SMILES string of the molecule is CSc1ccc(S(=O)(=O)c2ccc(SC(=O)CCCCCC(C)=O)cc2)cc1. The predicted octanol–water partition coefficient (Wildman–Crippen LogP) is 5.40. The summed E-state index contributed by atoms with van der Waals surface area (Å²) < 4.78 is 25.4. The molecule has 0 spiro atoms. The van der Waals surface area contributed by atoms with Gasteiger partial charge in [0.1, 0.15) is 5.78 Å². The lowest BCUT2D eigenvalue weighted by molar-refractivity contribution is -0.117. The van der Waals surface area contributed by atoms with Crippen LogP contribution in [0.3, 0.4) is 0 Å². The minimum atomic E-state index is -3.57. The van der Waals surface area contributed by atoms with Crippen LogP contribution in [-0.4, -0.2) is 25.6 Å². The summed E-state index contributed by atoms with van der Waals surface area (Å²) in [7, 11) is -3.57. The first-order valence-corrected chi connectivity index (χ1v) is 12.5. The van der Waals surface area contributed by atoms with Gasteiger partial charge in [-0.2, -0.15) is 0 Å². The smallest absolute Gasteiger partial charge is 0.206 e. The zero-order valence-corrected chi connectivity index (χ0v) is 18.5.